The molecule has 0 heterocycles. The SMILES string of the molecule is Cc1cccc(F)c1N(c1cc(-c2ccc(C#N)cc2)cc(-c2ccc(C#N)cc2)c1)c1ccc2ccc3c(N(c4cc(-c5ccc(C#N)cc5)cc(-c5ccc(C#N)cc5)c4)c4c(C)cccc4F)ccc4ccc1c2c43. The molecular weight excluding hydrogens is 963 g/mol. The lowest BCUT2D eigenvalue weighted by Gasteiger charge is -2.31. The van der Waals surface area contributed by atoms with Gasteiger partial charge in [-0.25, -0.2) is 8.78 Å². The van der Waals surface area contributed by atoms with Crippen molar-refractivity contribution < 1.29 is 8.78 Å². The summed E-state index contributed by atoms with van der Waals surface area (Å²) >= 11 is 0. The van der Waals surface area contributed by atoms with E-state index in [0.29, 0.717) is 56.1 Å². The van der Waals surface area contributed by atoms with E-state index in [1.54, 1.807) is 60.7 Å². The smallest absolute Gasteiger partial charge is 0.147 e. The molecule has 0 aliphatic carbocycles. The molecule has 0 amide bonds. The third-order valence-electron chi connectivity index (χ3n) is 14.7. The Morgan fingerprint density at radius 1 is 0.321 bits per heavy atom. The van der Waals surface area contributed by atoms with E-state index < -0.39 is 11.6 Å². The molecule has 0 unspecified atom stereocenters. The number of hydrogen-bond acceptors (Lipinski definition) is 6. The first-order valence-corrected chi connectivity index (χ1v) is 25.2. The van der Waals surface area contributed by atoms with Gasteiger partial charge < -0.3 is 9.80 Å². The zero-order valence-corrected chi connectivity index (χ0v) is 42.2. The van der Waals surface area contributed by atoms with Crippen molar-refractivity contribution in [3.63, 3.8) is 0 Å². The minimum atomic E-state index is -0.411. The molecule has 0 saturated carbocycles. The summed E-state index contributed by atoms with van der Waals surface area (Å²) in [6.07, 6.45) is 0. The van der Waals surface area contributed by atoms with Crippen molar-refractivity contribution in [3.05, 3.63) is 263 Å². The largest absolute Gasteiger partial charge is 0.307 e. The first-order valence-electron chi connectivity index (χ1n) is 25.2. The summed E-state index contributed by atoms with van der Waals surface area (Å²) in [5.41, 5.74) is 13.9. The Balaban J connectivity index is 1.12. The highest BCUT2D eigenvalue weighted by Gasteiger charge is 2.27. The Kier molecular flexibility index (Phi) is 12.2. The Bertz CT molecular complexity index is 4040. The second-order valence-corrected chi connectivity index (χ2v) is 19.4. The van der Waals surface area contributed by atoms with Crippen LogP contribution in [0.2, 0.25) is 0 Å². The molecule has 12 aromatic carbocycles. The van der Waals surface area contributed by atoms with Crippen molar-refractivity contribution in [2.45, 2.75) is 13.8 Å². The van der Waals surface area contributed by atoms with Crippen molar-refractivity contribution in [1.29, 1.82) is 21.0 Å². The molecule has 78 heavy (non-hydrogen) atoms. The van der Waals surface area contributed by atoms with E-state index in [9.17, 15) is 21.0 Å². The van der Waals surface area contributed by atoms with Crippen molar-refractivity contribution in [2.75, 3.05) is 9.80 Å². The number of rotatable bonds is 10. The van der Waals surface area contributed by atoms with Crippen molar-refractivity contribution in [1.82, 2.24) is 0 Å². The molecule has 0 spiro atoms. The van der Waals surface area contributed by atoms with Crippen molar-refractivity contribution in [3.8, 4) is 68.8 Å². The lowest BCUT2D eigenvalue weighted by Crippen LogP contribution is -2.15. The van der Waals surface area contributed by atoms with Crippen LogP contribution < -0.4 is 9.80 Å². The van der Waals surface area contributed by atoms with Crippen LogP contribution in [0.25, 0.3) is 76.8 Å². The van der Waals surface area contributed by atoms with Gasteiger partial charge in [-0.05, 0) is 200 Å². The van der Waals surface area contributed by atoms with E-state index >= 15 is 8.78 Å². The highest BCUT2D eigenvalue weighted by molar-refractivity contribution is 6.28. The topological polar surface area (TPSA) is 102 Å². The summed E-state index contributed by atoms with van der Waals surface area (Å²) in [5.74, 6) is -0.822. The normalized spacial score (nSPS) is 11.0. The van der Waals surface area contributed by atoms with E-state index in [2.05, 4.69) is 72.8 Å². The third kappa shape index (κ3) is 8.53. The molecule has 0 bridgehead atoms. The lowest BCUT2D eigenvalue weighted by molar-refractivity contribution is 0.627. The number of para-hydroxylation sites is 2. The molecule has 0 aromatic heterocycles. The van der Waals surface area contributed by atoms with Crippen LogP contribution in [-0.4, -0.2) is 0 Å². The molecule has 6 nitrogen and oxygen atoms in total. The first-order chi connectivity index (χ1) is 38.1. The minimum absolute atomic E-state index is 0.373. The minimum Gasteiger partial charge on any atom is -0.307 e. The maximum Gasteiger partial charge on any atom is 0.147 e. The molecular formula is C70H42F2N6. The molecule has 0 radical (unpaired) electrons. The Morgan fingerprint density at radius 2 is 0.615 bits per heavy atom. The monoisotopic (exact) mass is 1000 g/mol. The van der Waals surface area contributed by atoms with Gasteiger partial charge in [-0.3, -0.25) is 0 Å². The molecule has 366 valence electrons. The van der Waals surface area contributed by atoms with Crippen molar-refractivity contribution in [2.24, 2.45) is 0 Å². The molecule has 12 rings (SSSR count). The maximum atomic E-state index is 17.0. The Hall–Kier alpha value is -10.9. The van der Waals surface area contributed by atoms with Crippen LogP contribution in [-0.2, 0) is 0 Å². The fourth-order valence-corrected chi connectivity index (χ4v) is 10.8. The van der Waals surface area contributed by atoms with Gasteiger partial charge in [0.2, 0.25) is 0 Å². The van der Waals surface area contributed by atoms with E-state index in [0.717, 1.165) is 88.2 Å². The van der Waals surface area contributed by atoms with Crippen LogP contribution in [0.5, 0.6) is 0 Å². The summed E-state index contributed by atoms with van der Waals surface area (Å²) in [4.78, 5) is 3.98. The molecule has 0 aliphatic heterocycles. The van der Waals surface area contributed by atoms with Gasteiger partial charge in [0, 0.05) is 22.1 Å². The predicted octanol–water partition coefficient (Wildman–Crippen LogP) is 18.6. The van der Waals surface area contributed by atoms with Gasteiger partial charge >= 0.3 is 0 Å². The molecule has 0 saturated heterocycles. The van der Waals surface area contributed by atoms with Gasteiger partial charge in [0.1, 0.15) is 11.6 Å². The van der Waals surface area contributed by atoms with Gasteiger partial charge in [-0.15, -0.1) is 0 Å². The second-order valence-electron chi connectivity index (χ2n) is 19.4. The van der Waals surface area contributed by atoms with Crippen LogP contribution in [0.1, 0.15) is 33.4 Å². The zero-order chi connectivity index (χ0) is 53.6. The van der Waals surface area contributed by atoms with Gasteiger partial charge in [0.25, 0.3) is 0 Å². The van der Waals surface area contributed by atoms with E-state index in [1.165, 1.54) is 12.1 Å². The van der Waals surface area contributed by atoms with Gasteiger partial charge in [0.15, 0.2) is 0 Å². The first kappa shape index (κ1) is 48.1. The Labute approximate surface area is 450 Å². The van der Waals surface area contributed by atoms with Crippen LogP contribution in [0.3, 0.4) is 0 Å². The molecule has 0 aliphatic rings. The van der Waals surface area contributed by atoms with E-state index in [-0.39, 0.29) is 0 Å². The van der Waals surface area contributed by atoms with Gasteiger partial charge in [-0.2, -0.15) is 21.0 Å². The average molecular weight is 1010 g/mol. The number of nitrogens with zero attached hydrogens (tertiary/aromatic N) is 6. The number of anilines is 6. The number of hydrogen-bond donors (Lipinski definition) is 0. The number of halogens is 2. The van der Waals surface area contributed by atoms with Crippen LogP contribution in [0, 0.1) is 70.8 Å². The highest BCUT2D eigenvalue weighted by Crippen LogP contribution is 2.50. The highest BCUT2D eigenvalue weighted by atomic mass is 19.1. The number of nitriles is 4. The molecule has 0 N–H and O–H groups in total. The quantitative estimate of drug-likeness (QED) is 0.127. The van der Waals surface area contributed by atoms with Crippen LogP contribution in [0.15, 0.2) is 218 Å². The summed E-state index contributed by atoms with van der Waals surface area (Å²) in [6, 6.07) is 77.6. The summed E-state index contributed by atoms with van der Waals surface area (Å²) < 4.78 is 34.0. The summed E-state index contributed by atoms with van der Waals surface area (Å²) in [6.45, 7) is 3.81. The number of benzene rings is 12. The fourth-order valence-electron chi connectivity index (χ4n) is 10.8. The summed E-state index contributed by atoms with van der Waals surface area (Å²) in [5, 5.41) is 44.3. The van der Waals surface area contributed by atoms with E-state index in [1.807, 2.05) is 121 Å². The number of aryl methyl sites for hydroxylation is 2. The third-order valence-corrected chi connectivity index (χ3v) is 14.7. The van der Waals surface area contributed by atoms with Crippen molar-refractivity contribution >= 4 is 66.4 Å². The lowest BCUT2D eigenvalue weighted by atomic mass is 9.91. The predicted molar refractivity (Wildman–Crippen MR) is 310 cm³/mol. The van der Waals surface area contributed by atoms with E-state index in [4.69, 9.17) is 0 Å². The van der Waals surface area contributed by atoms with Gasteiger partial charge in [-0.1, -0.05) is 109 Å². The fraction of sp³-hybridized carbons (Fsp3) is 0.0286. The van der Waals surface area contributed by atoms with Gasteiger partial charge in [0.05, 0.1) is 69.3 Å². The second kappa shape index (κ2) is 19.7. The van der Waals surface area contributed by atoms with Crippen LogP contribution >= 0.6 is 0 Å². The maximum absolute atomic E-state index is 17.0. The molecule has 8 heteroatoms. The summed E-state index contributed by atoms with van der Waals surface area (Å²) in [7, 11) is 0. The Morgan fingerprint density at radius 3 is 0.897 bits per heavy atom. The average Bonchev–Trinajstić information content (AvgIpc) is 3.63. The molecule has 0 fully saturated rings. The standard InChI is InChI=1S/C70H42F2N6/c1-43-5-3-7-63(71)69(43)77(59-35-55(49-17-9-45(39-73)10-18-49)33-56(36-59)50-19-11-46(40-74)12-20-50)65-31-27-53-26-30-62-66(32-28-54-25-29-61(65)67(53)68(54)62)78(70-44(2)6-4-8-64(70)72)60-37-57(51-21-13-47(41-75)14-22-51)34-58(38-60)52-23-15-48(42-76)16-24-52/h3-38H,1-2H3. The molecule has 0 atom stereocenters. The van der Waals surface area contributed by atoms with Crippen LogP contribution in [0.4, 0.5) is 42.9 Å². The zero-order valence-electron chi connectivity index (χ0n) is 42.2. The molecule has 12 aromatic rings.